The van der Waals surface area contributed by atoms with Crippen LogP contribution in [0.3, 0.4) is 0 Å². The summed E-state index contributed by atoms with van der Waals surface area (Å²) in [5, 5.41) is 0. The van der Waals surface area contributed by atoms with Gasteiger partial charge in [0.25, 0.3) is 0 Å². The van der Waals surface area contributed by atoms with Gasteiger partial charge in [-0.1, -0.05) is 0 Å². The van der Waals surface area contributed by atoms with E-state index >= 15 is 0 Å². The van der Waals surface area contributed by atoms with Gasteiger partial charge in [0.05, 0.1) is 0 Å². The smallest absolute Gasteiger partial charge is 0.107 e. The van der Waals surface area contributed by atoms with Crippen LogP contribution in [0.25, 0.3) is 0 Å². The van der Waals surface area contributed by atoms with Crippen LogP contribution < -0.4 is 0 Å². The van der Waals surface area contributed by atoms with E-state index < -0.39 is 0 Å². The molecule has 0 N–H and O–H groups in total. The quantitative estimate of drug-likeness (QED) is 0.404. The van der Waals surface area contributed by atoms with Crippen molar-refractivity contribution < 1.29 is 18.3 Å². The molecule has 0 heterocycles. The van der Waals surface area contributed by atoms with Crippen molar-refractivity contribution in [3.8, 4) is 0 Å². The summed E-state index contributed by atoms with van der Waals surface area (Å²) in [5.74, 6) is 0. The minimum Gasteiger partial charge on any atom is -0.107 e. The molecule has 0 aromatic rings. The fourth-order valence-corrected chi connectivity index (χ4v) is 0.911. The van der Waals surface area contributed by atoms with Gasteiger partial charge in [-0.15, -0.1) is 48.0 Å². The van der Waals surface area contributed by atoms with E-state index in [1.165, 1.54) is 9.74 Å². The van der Waals surface area contributed by atoms with Gasteiger partial charge >= 0.3 is 53.5 Å². The SMILES string of the molecule is CC1=[C]([Rh])CC=C1.I.I. The molecule has 0 saturated heterocycles. The van der Waals surface area contributed by atoms with Gasteiger partial charge in [0, 0.05) is 0 Å². The molecule has 1 aliphatic carbocycles. The summed E-state index contributed by atoms with van der Waals surface area (Å²) >= 11 is 2.91. The number of rotatable bonds is 0. The molecule has 0 nitrogen and oxygen atoms in total. The van der Waals surface area contributed by atoms with Crippen molar-refractivity contribution in [2.45, 2.75) is 13.3 Å². The van der Waals surface area contributed by atoms with Crippen molar-refractivity contribution in [1.82, 2.24) is 0 Å². The predicted molar refractivity (Wildman–Crippen MR) is 57.3 cm³/mol. The van der Waals surface area contributed by atoms with Gasteiger partial charge in [0.1, 0.15) is 0 Å². The third-order valence-electron chi connectivity index (χ3n) is 1.07. The second kappa shape index (κ2) is 6.28. The van der Waals surface area contributed by atoms with Gasteiger partial charge in [-0.05, 0) is 0 Å². The van der Waals surface area contributed by atoms with E-state index in [1.54, 1.807) is 0 Å². The van der Waals surface area contributed by atoms with Gasteiger partial charge in [0.2, 0.25) is 0 Å². The fourth-order valence-electron chi connectivity index (χ4n) is 0.582. The Labute approximate surface area is 100 Å². The zero-order valence-electron chi connectivity index (χ0n) is 5.01. The van der Waals surface area contributed by atoms with Gasteiger partial charge in [-0.3, -0.25) is 0 Å². The van der Waals surface area contributed by atoms with Crippen LogP contribution in [0.5, 0.6) is 0 Å². The van der Waals surface area contributed by atoms with Crippen LogP contribution in [0.2, 0.25) is 0 Å². The molecule has 9 heavy (non-hydrogen) atoms. The maximum Gasteiger partial charge on any atom is -0.107 e. The number of hydrogen-bond donors (Lipinski definition) is 0. The summed E-state index contributed by atoms with van der Waals surface area (Å²) in [7, 11) is 0. The molecule has 0 fully saturated rings. The molecule has 0 radical (unpaired) electrons. The Morgan fingerprint density at radius 2 is 2.00 bits per heavy atom. The zero-order valence-corrected chi connectivity index (χ0v) is 11.3. The molecule has 3 heteroatoms. The average molecular weight is 438 g/mol. The maximum absolute atomic E-state index is 2.91. The first-order chi connectivity index (χ1) is 3.30. The Kier molecular flexibility index (Phi) is 9.20. The third kappa shape index (κ3) is 4.09. The van der Waals surface area contributed by atoms with E-state index in [0.29, 0.717) is 0 Å². The number of hydrogen-bond acceptors (Lipinski definition) is 0. The van der Waals surface area contributed by atoms with Crippen LogP contribution in [0.1, 0.15) is 13.3 Å². The molecule has 0 atom stereocenters. The third-order valence-corrected chi connectivity index (χ3v) is 2.05. The fraction of sp³-hybridized carbons (Fsp3) is 0.333. The van der Waals surface area contributed by atoms with Gasteiger partial charge in [-0.25, -0.2) is 0 Å². The van der Waals surface area contributed by atoms with E-state index in [9.17, 15) is 0 Å². The van der Waals surface area contributed by atoms with Gasteiger partial charge in [0.15, 0.2) is 0 Å². The summed E-state index contributed by atoms with van der Waals surface area (Å²) in [6.07, 6.45) is 5.44. The van der Waals surface area contributed by atoms with Crippen LogP contribution in [0.15, 0.2) is 21.9 Å². The van der Waals surface area contributed by atoms with Crippen molar-refractivity contribution in [3.05, 3.63) is 21.9 Å². The Hall–Kier alpha value is 1.56. The minimum absolute atomic E-state index is 0. The zero-order chi connectivity index (χ0) is 5.28. The summed E-state index contributed by atoms with van der Waals surface area (Å²) in [4.78, 5) is 0. The minimum atomic E-state index is 0. The molecular weight excluding hydrogens is 429 g/mol. The maximum atomic E-state index is 2.91. The molecule has 0 saturated carbocycles. The molecule has 0 amide bonds. The summed E-state index contributed by atoms with van der Waals surface area (Å²) in [5.41, 5.74) is 1.40. The molecule has 0 aromatic carbocycles. The molecule has 56 valence electrons. The van der Waals surface area contributed by atoms with Crippen LogP contribution in [-0.2, 0) is 18.3 Å². The number of halogens is 2. The first-order valence-electron chi connectivity index (χ1n) is 2.30. The second-order valence-electron chi connectivity index (χ2n) is 1.67. The van der Waals surface area contributed by atoms with Crippen molar-refractivity contribution in [1.29, 1.82) is 0 Å². The summed E-state index contributed by atoms with van der Waals surface area (Å²) < 4.78 is 1.40. The molecule has 1 aliphatic rings. The van der Waals surface area contributed by atoms with E-state index in [-0.39, 0.29) is 48.0 Å². The Balaban J connectivity index is 0. The van der Waals surface area contributed by atoms with Crippen LogP contribution in [0.4, 0.5) is 0 Å². The largest absolute Gasteiger partial charge is 0.107 e. The van der Waals surface area contributed by atoms with Crippen molar-refractivity contribution in [2.75, 3.05) is 0 Å². The molecule has 0 spiro atoms. The molecule has 1 rings (SSSR count). The Bertz CT molecular complexity index is 138. The Morgan fingerprint density at radius 1 is 1.44 bits per heavy atom. The predicted octanol–water partition coefficient (Wildman–Crippen LogP) is 3.00. The number of allylic oxidation sites excluding steroid dienone is 4. The molecule has 0 unspecified atom stereocenters. The van der Waals surface area contributed by atoms with E-state index in [4.69, 9.17) is 0 Å². The first kappa shape index (κ1) is 13.2. The van der Waals surface area contributed by atoms with Crippen LogP contribution in [-0.4, -0.2) is 0 Å². The van der Waals surface area contributed by atoms with E-state index in [0.717, 1.165) is 6.42 Å². The monoisotopic (exact) mass is 438 g/mol. The molecule has 0 aliphatic heterocycles. The Morgan fingerprint density at radius 3 is 2.11 bits per heavy atom. The van der Waals surface area contributed by atoms with Gasteiger partial charge in [-0.2, -0.15) is 0 Å². The van der Waals surface area contributed by atoms with E-state index in [2.05, 4.69) is 37.4 Å². The summed E-state index contributed by atoms with van der Waals surface area (Å²) in [6, 6.07) is 0. The second-order valence-corrected chi connectivity index (χ2v) is 2.66. The standard InChI is InChI=1S/C6H7.2HI.Rh/c1-6-4-2-3-5-6;;;/h2,4H,3H2,1H3;2*1H;. The normalized spacial score (nSPS) is 15.0. The van der Waals surface area contributed by atoms with Crippen molar-refractivity contribution in [3.63, 3.8) is 0 Å². The first-order valence-corrected chi connectivity index (χ1v) is 3.12. The van der Waals surface area contributed by atoms with Gasteiger partial charge < -0.3 is 0 Å². The van der Waals surface area contributed by atoms with Crippen LogP contribution in [0, 0.1) is 0 Å². The van der Waals surface area contributed by atoms with E-state index in [1.807, 2.05) is 0 Å². The topological polar surface area (TPSA) is 0 Å². The molecular formula is C6H9I2Rh. The summed E-state index contributed by atoms with van der Waals surface area (Å²) in [6.45, 7) is 2.12. The van der Waals surface area contributed by atoms with Crippen LogP contribution >= 0.6 is 48.0 Å². The molecule has 0 aromatic heterocycles. The van der Waals surface area contributed by atoms with Crippen molar-refractivity contribution >= 4 is 48.0 Å². The average Bonchev–Trinajstić information content (AvgIpc) is 1.91. The van der Waals surface area contributed by atoms with Crippen molar-refractivity contribution in [2.24, 2.45) is 0 Å². The molecule has 0 bridgehead atoms.